The number of hydrogen-bond acceptors (Lipinski definition) is 9. The minimum Gasteiger partial charge on any atom is -0.468 e. The van der Waals surface area contributed by atoms with Gasteiger partial charge in [-0.25, -0.2) is 5.84 Å². The molecular formula is C11H19N7O2. The first-order chi connectivity index (χ1) is 9.72. The van der Waals surface area contributed by atoms with Gasteiger partial charge in [0, 0.05) is 13.1 Å². The first-order valence-electron chi connectivity index (χ1n) is 6.51. The molecule has 0 unspecified atom stereocenters. The summed E-state index contributed by atoms with van der Waals surface area (Å²) in [6.45, 7) is 1.80. The maximum absolute atomic E-state index is 11.1. The van der Waals surface area contributed by atoms with Crippen molar-refractivity contribution in [1.82, 2.24) is 15.0 Å². The predicted molar refractivity (Wildman–Crippen MR) is 74.2 cm³/mol. The molecule has 0 radical (unpaired) electrons. The normalized spacial score (nSPS) is 14.8. The molecule has 2 heterocycles. The molecule has 9 heteroatoms. The Balaban J connectivity index is 2.12. The fourth-order valence-electron chi connectivity index (χ4n) is 1.97. The molecule has 1 fully saturated rings. The van der Waals surface area contributed by atoms with Gasteiger partial charge in [-0.3, -0.25) is 10.2 Å². The molecule has 1 aliphatic rings. The lowest BCUT2D eigenvalue weighted by Crippen LogP contribution is -2.32. The van der Waals surface area contributed by atoms with Crippen molar-refractivity contribution in [2.24, 2.45) is 5.84 Å². The maximum Gasteiger partial charge on any atom is 0.325 e. The van der Waals surface area contributed by atoms with E-state index in [1.54, 1.807) is 0 Å². The zero-order chi connectivity index (χ0) is 14.4. The van der Waals surface area contributed by atoms with Crippen LogP contribution in [0.25, 0.3) is 0 Å². The number of carbonyl (C=O) groups excluding carboxylic acids is 1. The average Bonchev–Trinajstić information content (AvgIpc) is 2.53. The Morgan fingerprint density at radius 2 is 1.95 bits per heavy atom. The zero-order valence-electron chi connectivity index (χ0n) is 11.4. The van der Waals surface area contributed by atoms with Gasteiger partial charge < -0.3 is 15.0 Å². The Kier molecular flexibility index (Phi) is 4.88. The molecule has 0 aliphatic carbocycles. The SMILES string of the molecule is COC(=O)CNc1nc(NN)nc(N2CCCCC2)n1. The van der Waals surface area contributed by atoms with E-state index in [9.17, 15) is 4.79 Å². The van der Waals surface area contributed by atoms with Crippen LogP contribution >= 0.6 is 0 Å². The number of rotatable bonds is 5. The highest BCUT2D eigenvalue weighted by Crippen LogP contribution is 2.18. The van der Waals surface area contributed by atoms with Crippen molar-refractivity contribution in [2.45, 2.75) is 19.3 Å². The van der Waals surface area contributed by atoms with Crippen LogP contribution in [0.5, 0.6) is 0 Å². The quantitative estimate of drug-likeness (QED) is 0.381. The lowest BCUT2D eigenvalue weighted by molar-refractivity contribution is -0.138. The molecule has 1 aromatic rings. The molecule has 1 aromatic heterocycles. The van der Waals surface area contributed by atoms with E-state index in [1.807, 2.05) is 0 Å². The highest BCUT2D eigenvalue weighted by atomic mass is 16.5. The Morgan fingerprint density at radius 3 is 2.60 bits per heavy atom. The fourth-order valence-corrected chi connectivity index (χ4v) is 1.97. The summed E-state index contributed by atoms with van der Waals surface area (Å²) in [7, 11) is 1.32. The lowest BCUT2D eigenvalue weighted by Gasteiger charge is -2.26. The van der Waals surface area contributed by atoms with Gasteiger partial charge in [0.2, 0.25) is 17.8 Å². The van der Waals surface area contributed by atoms with E-state index in [4.69, 9.17) is 5.84 Å². The van der Waals surface area contributed by atoms with Gasteiger partial charge in [0.05, 0.1) is 7.11 Å². The van der Waals surface area contributed by atoms with Crippen molar-refractivity contribution in [3.05, 3.63) is 0 Å². The third-order valence-corrected chi connectivity index (χ3v) is 3.01. The first-order valence-corrected chi connectivity index (χ1v) is 6.51. The van der Waals surface area contributed by atoms with Crippen LogP contribution in [0.2, 0.25) is 0 Å². The number of piperidine rings is 1. The largest absolute Gasteiger partial charge is 0.468 e. The summed E-state index contributed by atoms with van der Waals surface area (Å²) >= 11 is 0. The summed E-state index contributed by atoms with van der Waals surface area (Å²) in [6.07, 6.45) is 3.45. The minimum absolute atomic E-state index is 0.00996. The van der Waals surface area contributed by atoms with Gasteiger partial charge in [-0.1, -0.05) is 0 Å². The summed E-state index contributed by atoms with van der Waals surface area (Å²) in [4.78, 5) is 25.8. The monoisotopic (exact) mass is 281 g/mol. The van der Waals surface area contributed by atoms with E-state index in [-0.39, 0.29) is 12.5 Å². The molecule has 20 heavy (non-hydrogen) atoms. The van der Waals surface area contributed by atoms with E-state index >= 15 is 0 Å². The van der Waals surface area contributed by atoms with Crippen LogP contribution in [-0.4, -0.2) is 47.7 Å². The van der Waals surface area contributed by atoms with Crippen molar-refractivity contribution in [3.8, 4) is 0 Å². The van der Waals surface area contributed by atoms with Crippen molar-refractivity contribution in [1.29, 1.82) is 0 Å². The van der Waals surface area contributed by atoms with E-state index in [2.05, 4.69) is 35.3 Å². The van der Waals surface area contributed by atoms with Gasteiger partial charge in [-0.15, -0.1) is 0 Å². The van der Waals surface area contributed by atoms with Gasteiger partial charge in [0.25, 0.3) is 0 Å². The maximum atomic E-state index is 11.1. The summed E-state index contributed by atoms with van der Waals surface area (Å²) in [5.74, 6) is 6.07. The van der Waals surface area contributed by atoms with Gasteiger partial charge >= 0.3 is 5.97 Å². The Morgan fingerprint density at radius 1 is 1.25 bits per heavy atom. The molecule has 4 N–H and O–H groups in total. The average molecular weight is 281 g/mol. The Hall–Kier alpha value is -2.16. The molecule has 2 rings (SSSR count). The molecule has 1 aliphatic heterocycles. The lowest BCUT2D eigenvalue weighted by atomic mass is 10.1. The number of methoxy groups -OCH3 is 1. The fraction of sp³-hybridized carbons (Fsp3) is 0.636. The number of carbonyl (C=O) groups is 1. The van der Waals surface area contributed by atoms with E-state index in [0.29, 0.717) is 11.9 Å². The number of hydrazine groups is 1. The summed E-state index contributed by atoms with van der Waals surface area (Å²) in [5, 5.41) is 2.79. The molecule has 0 saturated carbocycles. The highest BCUT2D eigenvalue weighted by molar-refractivity contribution is 5.74. The van der Waals surface area contributed by atoms with E-state index < -0.39 is 5.97 Å². The minimum atomic E-state index is -0.396. The number of anilines is 3. The first kappa shape index (κ1) is 14.3. The van der Waals surface area contributed by atoms with E-state index in [1.165, 1.54) is 13.5 Å². The van der Waals surface area contributed by atoms with E-state index in [0.717, 1.165) is 25.9 Å². The number of nitrogens with zero attached hydrogens (tertiary/aromatic N) is 4. The van der Waals surface area contributed by atoms with Gasteiger partial charge in [0.1, 0.15) is 6.54 Å². The standard InChI is InChI=1S/C11H19N7O2/c1-20-8(19)7-13-9-14-10(17-12)16-11(15-9)18-5-3-2-4-6-18/h2-7,12H2,1H3,(H2,13,14,15,16,17). The van der Waals surface area contributed by atoms with Crippen molar-refractivity contribution < 1.29 is 9.53 Å². The van der Waals surface area contributed by atoms with Crippen LogP contribution in [0.3, 0.4) is 0 Å². The molecule has 0 spiro atoms. The third kappa shape index (κ3) is 3.67. The second-order valence-electron chi connectivity index (χ2n) is 4.40. The molecule has 0 aromatic carbocycles. The van der Waals surface area contributed by atoms with Gasteiger partial charge in [-0.2, -0.15) is 15.0 Å². The van der Waals surface area contributed by atoms with Crippen molar-refractivity contribution in [2.75, 3.05) is 42.4 Å². The van der Waals surface area contributed by atoms with Crippen LogP contribution in [0.15, 0.2) is 0 Å². The smallest absolute Gasteiger partial charge is 0.325 e. The second kappa shape index (κ2) is 6.85. The summed E-state index contributed by atoms with van der Waals surface area (Å²) in [5.41, 5.74) is 2.40. The topological polar surface area (TPSA) is 118 Å². The van der Waals surface area contributed by atoms with Crippen LogP contribution < -0.4 is 21.5 Å². The molecule has 0 bridgehead atoms. The predicted octanol–water partition coefficient (Wildman–Crippen LogP) is -0.268. The molecule has 0 atom stereocenters. The van der Waals surface area contributed by atoms with Crippen molar-refractivity contribution in [3.63, 3.8) is 0 Å². The number of aromatic nitrogens is 3. The van der Waals surface area contributed by atoms with Crippen LogP contribution in [0.4, 0.5) is 17.8 Å². The van der Waals surface area contributed by atoms with Crippen LogP contribution in [0, 0.1) is 0 Å². The zero-order valence-corrected chi connectivity index (χ0v) is 11.4. The Bertz CT molecular complexity index is 462. The van der Waals surface area contributed by atoms with Crippen LogP contribution in [0.1, 0.15) is 19.3 Å². The molecule has 0 amide bonds. The Labute approximate surface area is 116 Å². The molecule has 110 valence electrons. The number of nitrogen functional groups attached to an aromatic ring is 1. The number of nitrogens with two attached hydrogens (primary N) is 1. The molecule has 9 nitrogen and oxygen atoms in total. The third-order valence-electron chi connectivity index (χ3n) is 3.01. The molecule has 1 saturated heterocycles. The van der Waals surface area contributed by atoms with Crippen molar-refractivity contribution >= 4 is 23.8 Å². The summed E-state index contributed by atoms with van der Waals surface area (Å²) < 4.78 is 4.55. The molecular weight excluding hydrogens is 262 g/mol. The van der Waals surface area contributed by atoms with Gasteiger partial charge in [0.15, 0.2) is 0 Å². The number of esters is 1. The summed E-state index contributed by atoms with van der Waals surface area (Å²) in [6, 6.07) is 0. The van der Waals surface area contributed by atoms with Gasteiger partial charge in [-0.05, 0) is 19.3 Å². The number of hydrogen-bond donors (Lipinski definition) is 3. The van der Waals surface area contributed by atoms with Crippen LogP contribution in [-0.2, 0) is 9.53 Å². The highest BCUT2D eigenvalue weighted by Gasteiger charge is 2.16. The number of ether oxygens (including phenoxy) is 1. The number of nitrogens with one attached hydrogen (secondary N) is 2. The second-order valence-corrected chi connectivity index (χ2v) is 4.40.